The lowest BCUT2D eigenvalue weighted by Gasteiger charge is -2.02. The minimum Gasteiger partial charge on any atom is -0.358 e. The molecule has 1 N–H and O–H groups in total. The number of rotatable bonds is 4. The molecule has 1 aromatic heterocycles. The Morgan fingerprint density at radius 3 is 2.73 bits per heavy atom. The molecule has 80 valence electrons. The van der Waals surface area contributed by atoms with Crippen LogP contribution in [0.25, 0.3) is 10.9 Å². The Kier molecular flexibility index (Phi) is 3.10. The number of aryl methyl sites for hydroxylation is 1. The van der Waals surface area contributed by atoms with Crippen LogP contribution in [0.3, 0.4) is 0 Å². The molecular weight excluding hydrogens is 182 g/mol. The second-order valence-electron chi connectivity index (χ2n) is 4.67. The van der Waals surface area contributed by atoms with Crippen LogP contribution in [0.2, 0.25) is 0 Å². The van der Waals surface area contributed by atoms with E-state index in [2.05, 4.69) is 49.2 Å². The molecule has 0 aliphatic heterocycles. The highest BCUT2D eigenvalue weighted by atomic mass is 14.7. The van der Waals surface area contributed by atoms with E-state index in [1.165, 1.54) is 35.9 Å². The van der Waals surface area contributed by atoms with Crippen LogP contribution >= 0.6 is 0 Å². The largest absolute Gasteiger partial charge is 0.358 e. The molecule has 0 saturated heterocycles. The quantitative estimate of drug-likeness (QED) is 0.765. The van der Waals surface area contributed by atoms with Gasteiger partial charge in [-0.3, -0.25) is 0 Å². The fourth-order valence-electron chi connectivity index (χ4n) is 1.97. The summed E-state index contributed by atoms with van der Waals surface area (Å²) in [5, 5.41) is 1.33. The van der Waals surface area contributed by atoms with Crippen LogP contribution in [0.1, 0.15) is 32.4 Å². The molecule has 0 fully saturated rings. The fourth-order valence-corrected chi connectivity index (χ4v) is 1.97. The highest BCUT2D eigenvalue weighted by Gasteiger charge is 2.00. The van der Waals surface area contributed by atoms with Crippen molar-refractivity contribution < 1.29 is 0 Å². The summed E-state index contributed by atoms with van der Waals surface area (Å²) in [6.45, 7) is 4.57. The van der Waals surface area contributed by atoms with E-state index < -0.39 is 0 Å². The molecule has 0 bridgehead atoms. The maximum absolute atomic E-state index is 3.47. The number of aromatic nitrogens is 1. The third kappa shape index (κ3) is 2.62. The third-order valence-electron chi connectivity index (χ3n) is 2.81. The molecular formula is C14H19N. The number of aromatic amines is 1. The van der Waals surface area contributed by atoms with Crippen molar-refractivity contribution in [2.75, 3.05) is 0 Å². The van der Waals surface area contributed by atoms with Crippen LogP contribution in [-0.2, 0) is 6.42 Å². The van der Waals surface area contributed by atoms with Gasteiger partial charge in [-0.15, -0.1) is 0 Å². The molecule has 0 spiro atoms. The average Bonchev–Trinajstić information content (AvgIpc) is 2.59. The number of para-hydroxylation sites is 1. The summed E-state index contributed by atoms with van der Waals surface area (Å²) < 4.78 is 0. The van der Waals surface area contributed by atoms with E-state index in [1.54, 1.807) is 0 Å². The second-order valence-corrected chi connectivity index (χ2v) is 4.67. The lowest BCUT2D eigenvalue weighted by atomic mass is 10.1. The second kappa shape index (κ2) is 4.52. The number of H-pyrrole nitrogens is 1. The van der Waals surface area contributed by atoms with Crippen LogP contribution in [0.4, 0.5) is 0 Å². The van der Waals surface area contributed by atoms with E-state index in [4.69, 9.17) is 0 Å². The summed E-state index contributed by atoms with van der Waals surface area (Å²) in [5.41, 5.74) is 2.63. The SMILES string of the molecule is CC(C)CCCc1cc2ccccc2[nH]1. The van der Waals surface area contributed by atoms with Crippen molar-refractivity contribution in [3.63, 3.8) is 0 Å². The summed E-state index contributed by atoms with van der Waals surface area (Å²) in [6.07, 6.45) is 3.77. The minimum absolute atomic E-state index is 0.814. The summed E-state index contributed by atoms with van der Waals surface area (Å²) in [5.74, 6) is 0.814. The number of nitrogens with one attached hydrogen (secondary N) is 1. The molecule has 2 aromatic rings. The van der Waals surface area contributed by atoms with Gasteiger partial charge < -0.3 is 4.98 Å². The Morgan fingerprint density at radius 2 is 2.00 bits per heavy atom. The monoisotopic (exact) mass is 201 g/mol. The minimum atomic E-state index is 0.814. The van der Waals surface area contributed by atoms with Crippen molar-refractivity contribution in [1.82, 2.24) is 4.98 Å². The van der Waals surface area contributed by atoms with Crippen molar-refractivity contribution in [2.45, 2.75) is 33.1 Å². The van der Waals surface area contributed by atoms with Crippen molar-refractivity contribution in [1.29, 1.82) is 0 Å². The fraction of sp³-hybridized carbons (Fsp3) is 0.429. The lowest BCUT2D eigenvalue weighted by molar-refractivity contribution is 0.554. The molecule has 1 heterocycles. The zero-order valence-corrected chi connectivity index (χ0v) is 9.59. The van der Waals surface area contributed by atoms with Gasteiger partial charge in [0.1, 0.15) is 0 Å². The van der Waals surface area contributed by atoms with E-state index in [0.29, 0.717) is 0 Å². The lowest BCUT2D eigenvalue weighted by Crippen LogP contribution is -1.90. The van der Waals surface area contributed by atoms with E-state index in [0.717, 1.165) is 5.92 Å². The van der Waals surface area contributed by atoms with Crippen LogP contribution in [0.5, 0.6) is 0 Å². The first kappa shape index (κ1) is 10.3. The first-order valence-electron chi connectivity index (χ1n) is 5.82. The smallest absolute Gasteiger partial charge is 0.0456 e. The molecule has 1 aromatic carbocycles. The van der Waals surface area contributed by atoms with Gasteiger partial charge in [0.15, 0.2) is 0 Å². The van der Waals surface area contributed by atoms with Gasteiger partial charge in [-0.25, -0.2) is 0 Å². The Balaban J connectivity index is 2.03. The maximum Gasteiger partial charge on any atom is 0.0456 e. The number of fused-ring (bicyclic) bond motifs is 1. The van der Waals surface area contributed by atoms with Gasteiger partial charge in [0.2, 0.25) is 0 Å². The molecule has 1 heteroatoms. The average molecular weight is 201 g/mol. The van der Waals surface area contributed by atoms with Crippen LogP contribution in [0, 0.1) is 5.92 Å². The van der Waals surface area contributed by atoms with Crippen LogP contribution in [-0.4, -0.2) is 4.98 Å². The highest BCUT2D eigenvalue weighted by molar-refractivity contribution is 5.80. The maximum atomic E-state index is 3.47. The standard InChI is InChI=1S/C14H19N/c1-11(2)6-5-8-13-10-12-7-3-4-9-14(12)15-13/h3-4,7,9-11,15H,5-6,8H2,1-2H3. The van der Waals surface area contributed by atoms with Gasteiger partial charge in [0.05, 0.1) is 0 Å². The van der Waals surface area contributed by atoms with Crippen LogP contribution in [0.15, 0.2) is 30.3 Å². The van der Waals surface area contributed by atoms with E-state index in [-0.39, 0.29) is 0 Å². The summed E-state index contributed by atoms with van der Waals surface area (Å²) in [7, 11) is 0. The van der Waals surface area contributed by atoms with Gasteiger partial charge in [0, 0.05) is 11.2 Å². The molecule has 0 radical (unpaired) electrons. The molecule has 1 nitrogen and oxygen atoms in total. The predicted octanol–water partition coefficient (Wildman–Crippen LogP) is 4.15. The summed E-state index contributed by atoms with van der Waals surface area (Å²) in [6, 6.07) is 10.7. The molecule has 0 amide bonds. The molecule has 0 saturated carbocycles. The van der Waals surface area contributed by atoms with Gasteiger partial charge in [-0.2, -0.15) is 0 Å². The first-order valence-corrected chi connectivity index (χ1v) is 5.82. The molecule has 0 atom stereocenters. The van der Waals surface area contributed by atoms with E-state index >= 15 is 0 Å². The third-order valence-corrected chi connectivity index (χ3v) is 2.81. The van der Waals surface area contributed by atoms with Gasteiger partial charge in [0.25, 0.3) is 0 Å². The van der Waals surface area contributed by atoms with Crippen molar-refractivity contribution in [2.24, 2.45) is 5.92 Å². The zero-order valence-electron chi connectivity index (χ0n) is 9.59. The van der Waals surface area contributed by atoms with Gasteiger partial charge >= 0.3 is 0 Å². The zero-order chi connectivity index (χ0) is 10.7. The van der Waals surface area contributed by atoms with Gasteiger partial charge in [-0.05, 0) is 36.3 Å². The molecule has 15 heavy (non-hydrogen) atoms. The first-order chi connectivity index (χ1) is 7.25. The molecule has 0 aliphatic carbocycles. The van der Waals surface area contributed by atoms with Crippen molar-refractivity contribution in [3.05, 3.63) is 36.0 Å². The molecule has 0 unspecified atom stereocenters. The molecule has 2 rings (SSSR count). The van der Waals surface area contributed by atoms with E-state index in [1.807, 2.05) is 0 Å². The Hall–Kier alpha value is -1.24. The van der Waals surface area contributed by atoms with Crippen molar-refractivity contribution >= 4 is 10.9 Å². The summed E-state index contributed by atoms with van der Waals surface area (Å²) >= 11 is 0. The van der Waals surface area contributed by atoms with E-state index in [9.17, 15) is 0 Å². The summed E-state index contributed by atoms with van der Waals surface area (Å²) in [4.78, 5) is 3.47. The van der Waals surface area contributed by atoms with Crippen molar-refractivity contribution in [3.8, 4) is 0 Å². The molecule has 0 aliphatic rings. The normalized spacial score (nSPS) is 11.4. The number of hydrogen-bond donors (Lipinski definition) is 1. The number of benzene rings is 1. The Labute approximate surface area is 91.5 Å². The highest BCUT2D eigenvalue weighted by Crippen LogP contribution is 2.16. The topological polar surface area (TPSA) is 15.8 Å². The number of hydrogen-bond acceptors (Lipinski definition) is 0. The van der Waals surface area contributed by atoms with Gasteiger partial charge in [-0.1, -0.05) is 38.5 Å². The predicted molar refractivity (Wildman–Crippen MR) is 66.1 cm³/mol. The Bertz CT molecular complexity index is 393. The van der Waals surface area contributed by atoms with Crippen LogP contribution < -0.4 is 0 Å². The Morgan fingerprint density at radius 1 is 1.20 bits per heavy atom.